The summed E-state index contributed by atoms with van der Waals surface area (Å²) in [5.74, 6) is 1.56. The van der Waals surface area contributed by atoms with Gasteiger partial charge in [0.1, 0.15) is 5.82 Å². The molecule has 1 aromatic heterocycles. The van der Waals surface area contributed by atoms with Crippen LogP contribution in [0.5, 0.6) is 0 Å². The maximum absolute atomic E-state index is 5.96. The highest BCUT2D eigenvalue weighted by Gasteiger charge is 2.49. The Labute approximate surface area is 110 Å². The first-order valence-corrected chi connectivity index (χ1v) is 6.77. The second-order valence-electron chi connectivity index (χ2n) is 6.34. The van der Waals surface area contributed by atoms with Gasteiger partial charge in [0.25, 0.3) is 0 Å². The Hall–Kier alpha value is -1.03. The average molecular weight is 251 g/mol. The van der Waals surface area contributed by atoms with E-state index >= 15 is 0 Å². The molecule has 0 aliphatic heterocycles. The zero-order chi connectivity index (χ0) is 13.3. The van der Waals surface area contributed by atoms with Crippen molar-refractivity contribution in [3.63, 3.8) is 0 Å². The summed E-state index contributed by atoms with van der Waals surface area (Å²) in [6.45, 7) is 9.76. The molecule has 0 radical (unpaired) electrons. The number of nitrogens with one attached hydrogen (secondary N) is 1. The van der Waals surface area contributed by atoms with Gasteiger partial charge in [0.15, 0.2) is 0 Å². The third kappa shape index (κ3) is 2.69. The molecule has 1 aliphatic rings. The minimum Gasteiger partial charge on any atom is -0.377 e. The lowest BCUT2D eigenvalue weighted by atomic mass is 9.64. The van der Waals surface area contributed by atoms with Crippen LogP contribution < -0.4 is 5.32 Å². The summed E-state index contributed by atoms with van der Waals surface area (Å²) in [7, 11) is 1.94. The predicted octanol–water partition coefficient (Wildman–Crippen LogP) is 2.67. The Balaban J connectivity index is 1.86. The van der Waals surface area contributed by atoms with Crippen LogP contribution in [-0.2, 0) is 11.8 Å². The second-order valence-corrected chi connectivity index (χ2v) is 6.34. The lowest BCUT2D eigenvalue weighted by Crippen LogP contribution is -2.58. The molecule has 0 aromatic carbocycles. The lowest BCUT2D eigenvalue weighted by Gasteiger charge is -2.52. The van der Waals surface area contributed by atoms with Crippen molar-refractivity contribution >= 4 is 5.82 Å². The SMILES string of the molecule is CC(C)COC1CC(Nc2ccn(C)n2)C1(C)C. The number of aryl methyl sites for hydroxylation is 1. The van der Waals surface area contributed by atoms with E-state index in [2.05, 4.69) is 38.1 Å². The van der Waals surface area contributed by atoms with Crippen LogP contribution in [0.3, 0.4) is 0 Å². The van der Waals surface area contributed by atoms with Crippen LogP contribution in [0.15, 0.2) is 12.3 Å². The van der Waals surface area contributed by atoms with Gasteiger partial charge in [0.2, 0.25) is 0 Å². The first-order chi connectivity index (χ1) is 8.39. The van der Waals surface area contributed by atoms with E-state index in [1.54, 1.807) is 0 Å². The second kappa shape index (κ2) is 4.92. The normalized spacial score (nSPS) is 26.1. The fraction of sp³-hybridized carbons (Fsp3) is 0.786. The molecule has 4 heteroatoms. The van der Waals surface area contributed by atoms with Crippen molar-refractivity contribution in [3.05, 3.63) is 12.3 Å². The molecule has 1 heterocycles. The summed E-state index contributed by atoms with van der Waals surface area (Å²) in [6, 6.07) is 2.46. The Kier molecular flexibility index (Phi) is 3.66. The zero-order valence-corrected chi connectivity index (χ0v) is 12.1. The van der Waals surface area contributed by atoms with E-state index < -0.39 is 0 Å². The van der Waals surface area contributed by atoms with Crippen molar-refractivity contribution in [2.45, 2.75) is 46.3 Å². The van der Waals surface area contributed by atoms with E-state index in [4.69, 9.17) is 4.74 Å². The van der Waals surface area contributed by atoms with Gasteiger partial charge in [-0.3, -0.25) is 4.68 Å². The molecule has 2 rings (SSSR count). The number of hydrogen-bond acceptors (Lipinski definition) is 3. The summed E-state index contributed by atoms with van der Waals surface area (Å²) < 4.78 is 7.78. The minimum atomic E-state index is 0.173. The van der Waals surface area contributed by atoms with Gasteiger partial charge >= 0.3 is 0 Å². The van der Waals surface area contributed by atoms with Crippen molar-refractivity contribution in [2.24, 2.45) is 18.4 Å². The van der Waals surface area contributed by atoms with Crippen molar-refractivity contribution in [2.75, 3.05) is 11.9 Å². The number of rotatable bonds is 5. The molecule has 102 valence electrons. The number of aromatic nitrogens is 2. The fourth-order valence-corrected chi connectivity index (χ4v) is 2.39. The van der Waals surface area contributed by atoms with Gasteiger partial charge in [-0.25, -0.2) is 0 Å². The third-order valence-corrected chi connectivity index (χ3v) is 3.84. The van der Waals surface area contributed by atoms with Crippen LogP contribution in [0, 0.1) is 11.3 Å². The summed E-state index contributed by atoms with van der Waals surface area (Å²) in [6.07, 6.45) is 3.39. The highest BCUT2D eigenvalue weighted by atomic mass is 16.5. The quantitative estimate of drug-likeness (QED) is 0.874. The first-order valence-electron chi connectivity index (χ1n) is 6.77. The van der Waals surface area contributed by atoms with E-state index in [9.17, 15) is 0 Å². The van der Waals surface area contributed by atoms with Gasteiger partial charge in [-0.15, -0.1) is 0 Å². The third-order valence-electron chi connectivity index (χ3n) is 3.84. The lowest BCUT2D eigenvalue weighted by molar-refractivity contribution is -0.109. The largest absolute Gasteiger partial charge is 0.377 e. The Bertz CT molecular complexity index is 397. The van der Waals surface area contributed by atoms with E-state index in [0.717, 1.165) is 18.8 Å². The topological polar surface area (TPSA) is 39.1 Å². The molecule has 2 atom stereocenters. The molecule has 1 aliphatic carbocycles. The number of nitrogens with zero attached hydrogens (tertiary/aromatic N) is 2. The van der Waals surface area contributed by atoms with Crippen LogP contribution in [0.4, 0.5) is 5.82 Å². The molecule has 2 unspecified atom stereocenters. The van der Waals surface area contributed by atoms with Crippen LogP contribution >= 0.6 is 0 Å². The smallest absolute Gasteiger partial charge is 0.148 e. The molecule has 0 bridgehead atoms. The number of anilines is 1. The fourth-order valence-electron chi connectivity index (χ4n) is 2.39. The van der Waals surface area contributed by atoms with Gasteiger partial charge in [0, 0.05) is 37.4 Å². The highest BCUT2D eigenvalue weighted by molar-refractivity contribution is 5.36. The van der Waals surface area contributed by atoms with Crippen LogP contribution in [0.2, 0.25) is 0 Å². The molecule has 1 fully saturated rings. The molecule has 4 nitrogen and oxygen atoms in total. The summed E-state index contributed by atoms with van der Waals surface area (Å²) in [5.41, 5.74) is 0.173. The van der Waals surface area contributed by atoms with Gasteiger partial charge in [-0.1, -0.05) is 27.7 Å². The van der Waals surface area contributed by atoms with Crippen LogP contribution in [0.1, 0.15) is 34.1 Å². The molecule has 1 aromatic rings. The first kappa shape index (κ1) is 13.4. The van der Waals surface area contributed by atoms with E-state index in [1.807, 2.05) is 24.0 Å². The highest BCUT2D eigenvalue weighted by Crippen LogP contribution is 2.44. The molecular weight excluding hydrogens is 226 g/mol. The number of ether oxygens (including phenoxy) is 1. The van der Waals surface area contributed by atoms with Crippen molar-refractivity contribution < 1.29 is 4.74 Å². The van der Waals surface area contributed by atoms with Gasteiger partial charge in [0.05, 0.1) is 6.10 Å². The monoisotopic (exact) mass is 251 g/mol. The Morgan fingerprint density at radius 2 is 2.28 bits per heavy atom. The number of hydrogen-bond donors (Lipinski definition) is 1. The van der Waals surface area contributed by atoms with Gasteiger partial charge < -0.3 is 10.1 Å². The van der Waals surface area contributed by atoms with E-state index in [-0.39, 0.29) is 5.41 Å². The molecule has 0 amide bonds. The van der Waals surface area contributed by atoms with Crippen molar-refractivity contribution in [1.29, 1.82) is 0 Å². The summed E-state index contributed by atoms with van der Waals surface area (Å²) in [4.78, 5) is 0. The van der Waals surface area contributed by atoms with E-state index in [0.29, 0.717) is 18.1 Å². The molecule has 1 saturated carbocycles. The van der Waals surface area contributed by atoms with Crippen molar-refractivity contribution in [1.82, 2.24) is 9.78 Å². The molecule has 0 saturated heterocycles. The zero-order valence-electron chi connectivity index (χ0n) is 12.1. The summed E-state index contributed by atoms with van der Waals surface area (Å²) >= 11 is 0. The maximum Gasteiger partial charge on any atom is 0.148 e. The van der Waals surface area contributed by atoms with E-state index in [1.165, 1.54) is 0 Å². The Morgan fingerprint density at radius 3 is 2.78 bits per heavy atom. The predicted molar refractivity (Wildman–Crippen MR) is 73.6 cm³/mol. The average Bonchev–Trinajstić information content (AvgIpc) is 2.68. The van der Waals surface area contributed by atoms with Crippen LogP contribution in [-0.4, -0.2) is 28.5 Å². The van der Waals surface area contributed by atoms with Crippen LogP contribution in [0.25, 0.3) is 0 Å². The standard InChI is InChI=1S/C14H25N3O/c1-10(2)9-18-12-8-11(14(12,3)4)15-13-6-7-17(5)16-13/h6-7,10-12H,8-9H2,1-5H3,(H,15,16). The van der Waals surface area contributed by atoms with Crippen molar-refractivity contribution in [3.8, 4) is 0 Å². The van der Waals surface area contributed by atoms with Gasteiger partial charge in [-0.2, -0.15) is 5.10 Å². The maximum atomic E-state index is 5.96. The Morgan fingerprint density at radius 1 is 1.56 bits per heavy atom. The molecule has 1 N–H and O–H groups in total. The molecular formula is C14H25N3O. The molecule has 0 spiro atoms. The summed E-state index contributed by atoms with van der Waals surface area (Å²) in [5, 5.41) is 7.86. The van der Waals surface area contributed by atoms with Gasteiger partial charge in [-0.05, 0) is 12.3 Å². The molecule has 18 heavy (non-hydrogen) atoms. The minimum absolute atomic E-state index is 0.173.